The van der Waals surface area contributed by atoms with Crippen LogP contribution in [0.1, 0.15) is 18.6 Å². The van der Waals surface area contributed by atoms with Crippen LogP contribution in [0.3, 0.4) is 0 Å². The molecule has 1 aromatic rings. The summed E-state index contributed by atoms with van der Waals surface area (Å²) < 4.78 is 26.9. The Kier molecular flexibility index (Phi) is 6.71. The topological polar surface area (TPSA) is 52.5 Å². The van der Waals surface area contributed by atoms with Crippen molar-refractivity contribution in [1.29, 1.82) is 0 Å². The Morgan fingerprint density at radius 3 is 2.37 bits per heavy atom. The largest absolute Gasteiger partial charge is 0.395 e. The van der Waals surface area contributed by atoms with Crippen LogP contribution in [0.15, 0.2) is 18.2 Å². The van der Waals surface area contributed by atoms with Crippen molar-refractivity contribution >= 4 is 11.8 Å². The lowest BCUT2D eigenvalue weighted by Crippen LogP contribution is -2.39. The first-order chi connectivity index (χ1) is 9.01. The van der Waals surface area contributed by atoms with Crippen LogP contribution in [-0.4, -0.2) is 40.9 Å². The molecule has 19 heavy (non-hydrogen) atoms. The molecule has 0 aliphatic rings. The van der Waals surface area contributed by atoms with E-state index < -0.39 is 17.7 Å². The normalized spacial score (nSPS) is 16.1. The summed E-state index contributed by atoms with van der Waals surface area (Å²) in [6, 6.07) is 3.41. The molecular weight excluding hydrogens is 272 g/mol. The third-order valence-electron chi connectivity index (χ3n) is 3.01. The van der Waals surface area contributed by atoms with Crippen molar-refractivity contribution in [2.45, 2.75) is 24.3 Å². The summed E-state index contributed by atoms with van der Waals surface area (Å²) >= 11 is 1.49. The van der Waals surface area contributed by atoms with Gasteiger partial charge in [0.1, 0.15) is 11.6 Å². The van der Waals surface area contributed by atoms with Gasteiger partial charge in [-0.05, 0) is 25.3 Å². The van der Waals surface area contributed by atoms with Gasteiger partial charge in [0, 0.05) is 17.8 Å². The van der Waals surface area contributed by atoms with Gasteiger partial charge in [-0.1, -0.05) is 6.07 Å². The van der Waals surface area contributed by atoms with Crippen LogP contribution in [0.4, 0.5) is 8.78 Å². The van der Waals surface area contributed by atoms with Gasteiger partial charge in [0.05, 0.1) is 18.3 Å². The van der Waals surface area contributed by atoms with E-state index in [4.69, 9.17) is 5.11 Å². The predicted molar refractivity (Wildman–Crippen MR) is 73.2 cm³/mol. The number of aliphatic hydroxyl groups is 2. The molecule has 1 aromatic carbocycles. The second kappa shape index (κ2) is 7.79. The predicted octanol–water partition coefficient (Wildman–Crippen LogP) is 1.70. The van der Waals surface area contributed by atoms with Gasteiger partial charge in [-0.3, -0.25) is 0 Å². The van der Waals surface area contributed by atoms with E-state index in [9.17, 15) is 13.9 Å². The van der Waals surface area contributed by atoms with E-state index in [1.165, 1.54) is 17.8 Å². The van der Waals surface area contributed by atoms with Crippen molar-refractivity contribution in [3.8, 4) is 0 Å². The molecule has 0 fully saturated rings. The number of thioether (sulfide) groups is 1. The Labute approximate surface area is 116 Å². The SMILES string of the molecule is CSC(CO)C(C)NCC(O)c1c(F)cccc1F. The Morgan fingerprint density at radius 2 is 1.89 bits per heavy atom. The Morgan fingerprint density at radius 1 is 1.32 bits per heavy atom. The summed E-state index contributed by atoms with van der Waals surface area (Å²) in [5, 5.41) is 21.9. The summed E-state index contributed by atoms with van der Waals surface area (Å²) in [6.45, 7) is 1.87. The molecule has 3 atom stereocenters. The molecule has 0 aliphatic carbocycles. The van der Waals surface area contributed by atoms with Crippen molar-refractivity contribution in [3.05, 3.63) is 35.4 Å². The fraction of sp³-hybridized carbons (Fsp3) is 0.538. The molecule has 6 heteroatoms. The number of hydrogen-bond donors (Lipinski definition) is 3. The minimum atomic E-state index is -1.26. The standard InChI is InChI=1S/C13H19F2NO2S/c1-8(12(7-17)19-2)16-6-11(18)13-9(14)4-3-5-10(13)15/h3-5,8,11-12,16-18H,6-7H2,1-2H3. The molecule has 3 unspecified atom stereocenters. The zero-order valence-electron chi connectivity index (χ0n) is 10.9. The van der Waals surface area contributed by atoms with Crippen LogP contribution in [0, 0.1) is 11.6 Å². The molecule has 3 nitrogen and oxygen atoms in total. The van der Waals surface area contributed by atoms with E-state index in [1.807, 2.05) is 13.2 Å². The number of benzene rings is 1. The summed E-state index contributed by atoms with van der Waals surface area (Å²) in [5.41, 5.74) is -0.327. The van der Waals surface area contributed by atoms with Crippen LogP contribution in [0.5, 0.6) is 0 Å². The maximum absolute atomic E-state index is 13.4. The molecule has 0 aliphatic heterocycles. The van der Waals surface area contributed by atoms with Crippen LogP contribution >= 0.6 is 11.8 Å². The minimum absolute atomic E-state index is 0.000508. The van der Waals surface area contributed by atoms with Crippen molar-refractivity contribution in [2.75, 3.05) is 19.4 Å². The Bertz CT molecular complexity index is 382. The van der Waals surface area contributed by atoms with E-state index in [0.29, 0.717) is 0 Å². The lowest BCUT2D eigenvalue weighted by Gasteiger charge is -2.23. The smallest absolute Gasteiger partial charge is 0.131 e. The number of nitrogens with one attached hydrogen (secondary N) is 1. The van der Waals surface area contributed by atoms with Gasteiger partial charge >= 0.3 is 0 Å². The highest BCUT2D eigenvalue weighted by Crippen LogP contribution is 2.20. The van der Waals surface area contributed by atoms with Crippen LogP contribution < -0.4 is 5.32 Å². The molecule has 0 heterocycles. The molecule has 0 radical (unpaired) electrons. The molecule has 1 rings (SSSR count). The Balaban J connectivity index is 2.63. The first kappa shape index (κ1) is 16.4. The second-order valence-electron chi connectivity index (χ2n) is 4.30. The minimum Gasteiger partial charge on any atom is -0.395 e. The summed E-state index contributed by atoms with van der Waals surface area (Å²) in [4.78, 5) is 0. The van der Waals surface area contributed by atoms with Gasteiger partial charge < -0.3 is 15.5 Å². The van der Waals surface area contributed by atoms with Gasteiger partial charge in [-0.25, -0.2) is 8.78 Å². The average Bonchev–Trinajstić information content (AvgIpc) is 2.37. The lowest BCUT2D eigenvalue weighted by atomic mass is 10.1. The number of aliphatic hydroxyl groups excluding tert-OH is 2. The van der Waals surface area contributed by atoms with E-state index in [0.717, 1.165) is 12.1 Å². The third-order valence-corrected chi connectivity index (χ3v) is 4.17. The number of rotatable bonds is 7. The van der Waals surface area contributed by atoms with Gasteiger partial charge in [0.25, 0.3) is 0 Å². The number of hydrogen-bond acceptors (Lipinski definition) is 4. The zero-order chi connectivity index (χ0) is 14.4. The van der Waals surface area contributed by atoms with Crippen LogP contribution in [0.25, 0.3) is 0 Å². The van der Waals surface area contributed by atoms with Gasteiger partial charge in [0.15, 0.2) is 0 Å². The molecule has 0 saturated carbocycles. The van der Waals surface area contributed by atoms with Crippen molar-refractivity contribution in [1.82, 2.24) is 5.32 Å². The van der Waals surface area contributed by atoms with Crippen molar-refractivity contribution in [3.63, 3.8) is 0 Å². The summed E-state index contributed by atoms with van der Waals surface area (Å²) in [6.07, 6.45) is 0.608. The third kappa shape index (κ3) is 4.42. The van der Waals surface area contributed by atoms with E-state index >= 15 is 0 Å². The van der Waals surface area contributed by atoms with Gasteiger partial charge in [-0.15, -0.1) is 0 Å². The summed E-state index contributed by atoms with van der Waals surface area (Å²) in [5.74, 6) is -1.52. The van der Waals surface area contributed by atoms with Crippen molar-refractivity contribution < 1.29 is 19.0 Å². The van der Waals surface area contributed by atoms with Crippen molar-refractivity contribution in [2.24, 2.45) is 0 Å². The number of halogens is 2. The second-order valence-corrected chi connectivity index (χ2v) is 5.38. The molecule has 3 N–H and O–H groups in total. The van der Waals surface area contributed by atoms with Gasteiger partial charge in [-0.2, -0.15) is 11.8 Å². The fourth-order valence-electron chi connectivity index (χ4n) is 1.80. The lowest BCUT2D eigenvalue weighted by molar-refractivity contribution is 0.158. The van der Waals surface area contributed by atoms with E-state index in [-0.39, 0.29) is 30.0 Å². The maximum atomic E-state index is 13.4. The zero-order valence-corrected chi connectivity index (χ0v) is 11.8. The fourth-order valence-corrected chi connectivity index (χ4v) is 2.45. The highest BCUT2D eigenvalue weighted by molar-refractivity contribution is 7.99. The van der Waals surface area contributed by atoms with E-state index in [2.05, 4.69) is 5.32 Å². The monoisotopic (exact) mass is 291 g/mol. The summed E-state index contributed by atoms with van der Waals surface area (Å²) in [7, 11) is 0. The first-order valence-electron chi connectivity index (χ1n) is 6.00. The van der Waals surface area contributed by atoms with E-state index in [1.54, 1.807) is 0 Å². The molecule has 0 saturated heterocycles. The molecule has 0 bridgehead atoms. The van der Waals surface area contributed by atoms with Crippen LogP contribution in [0.2, 0.25) is 0 Å². The average molecular weight is 291 g/mol. The highest BCUT2D eigenvalue weighted by Gasteiger charge is 2.20. The van der Waals surface area contributed by atoms with Crippen LogP contribution in [-0.2, 0) is 0 Å². The first-order valence-corrected chi connectivity index (χ1v) is 7.29. The Hall–Kier alpha value is -0.690. The molecular formula is C13H19F2NO2S. The molecule has 0 amide bonds. The molecule has 0 spiro atoms. The molecule has 0 aromatic heterocycles. The molecule has 108 valence electrons. The maximum Gasteiger partial charge on any atom is 0.131 e. The van der Waals surface area contributed by atoms with Gasteiger partial charge in [0.2, 0.25) is 0 Å². The quantitative estimate of drug-likeness (QED) is 0.716. The highest BCUT2D eigenvalue weighted by atomic mass is 32.2.